The Morgan fingerprint density at radius 3 is 2.69 bits per heavy atom. The molecule has 0 bridgehead atoms. The second kappa shape index (κ2) is 2.64. The van der Waals surface area contributed by atoms with E-state index in [1.165, 1.54) is 0 Å². The molecule has 0 radical (unpaired) electrons. The largest absolute Gasteiger partial charge is 0.508 e. The van der Waals surface area contributed by atoms with Crippen LogP contribution in [-0.4, -0.2) is 12.2 Å². The summed E-state index contributed by atoms with van der Waals surface area (Å²) in [5, 5.41) is 9.31. The van der Waals surface area contributed by atoms with Crippen molar-refractivity contribution in [1.29, 1.82) is 0 Å². The molecule has 1 aliphatic carbocycles. The average molecular weight is 179 g/mol. The van der Waals surface area contributed by atoms with Crippen molar-refractivity contribution in [3.05, 3.63) is 23.8 Å². The number of hydrogen-bond acceptors (Lipinski definition) is 3. The second-order valence-electron chi connectivity index (χ2n) is 3.54. The fourth-order valence-corrected chi connectivity index (χ4v) is 1.49. The van der Waals surface area contributed by atoms with Crippen LogP contribution in [0.15, 0.2) is 18.2 Å². The van der Waals surface area contributed by atoms with E-state index in [1.54, 1.807) is 25.3 Å². The minimum atomic E-state index is -0.260. The Morgan fingerprint density at radius 2 is 2.15 bits per heavy atom. The monoisotopic (exact) mass is 179 g/mol. The molecule has 3 N–H and O–H groups in total. The Kier molecular flexibility index (Phi) is 1.70. The van der Waals surface area contributed by atoms with Crippen LogP contribution in [0.5, 0.6) is 11.5 Å². The molecule has 3 nitrogen and oxygen atoms in total. The third kappa shape index (κ3) is 1.35. The van der Waals surface area contributed by atoms with E-state index in [1.807, 2.05) is 0 Å². The topological polar surface area (TPSA) is 55.5 Å². The minimum absolute atomic E-state index is 0.243. The summed E-state index contributed by atoms with van der Waals surface area (Å²) >= 11 is 0. The molecule has 13 heavy (non-hydrogen) atoms. The molecule has 0 aromatic heterocycles. The molecule has 0 saturated heterocycles. The van der Waals surface area contributed by atoms with E-state index >= 15 is 0 Å². The lowest BCUT2D eigenvalue weighted by Gasteiger charge is -2.14. The summed E-state index contributed by atoms with van der Waals surface area (Å²) in [6.07, 6.45) is 1.93. The highest BCUT2D eigenvalue weighted by molar-refractivity contribution is 5.46. The first-order valence-electron chi connectivity index (χ1n) is 4.32. The molecule has 1 fully saturated rings. The summed E-state index contributed by atoms with van der Waals surface area (Å²) in [6.45, 7) is 0. The van der Waals surface area contributed by atoms with E-state index in [2.05, 4.69) is 0 Å². The van der Waals surface area contributed by atoms with Crippen molar-refractivity contribution >= 4 is 0 Å². The predicted octanol–water partition coefficient (Wildman–Crippen LogP) is 1.35. The van der Waals surface area contributed by atoms with Gasteiger partial charge in [0, 0.05) is 11.1 Å². The number of aromatic hydroxyl groups is 1. The van der Waals surface area contributed by atoms with Gasteiger partial charge in [-0.2, -0.15) is 0 Å². The Labute approximate surface area is 77.1 Å². The Hall–Kier alpha value is -1.22. The highest BCUT2D eigenvalue weighted by Crippen LogP contribution is 2.47. The Morgan fingerprint density at radius 1 is 1.46 bits per heavy atom. The molecule has 0 aliphatic heterocycles. The lowest BCUT2D eigenvalue weighted by molar-refractivity contribution is 0.401. The van der Waals surface area contributed by atoms with Crippen molar-refractivity contribution in [3.8, 4) is 11.5 Å². The van der Waals surface area contributed by atoms with Gasteiger partial charge < -0.3 is 15.6 Å². The first-order chi connectivity index (χ1) is 6.15. The molecular weight excluding hydrogens is 166 g/mol. The van der Waals surface area contributed by atoms with Crippen LogP contribution in [0.3, 0.4) is 0 Å². The highest BCUT2D eigenvalue weighted by Gasteiger charge is 2.42. The second-order valence-corrected chi connectivity index (χ2v) is 3.54. The molecule has 2 rings (SSSR count). The summed E-state index contributed by atoms with van der Waals surface area (Å²) < 4.78 is 5.18. The molecule has 1 aromatic carbocycles. The van der Waals surface area contributed by atoms with Crippen LogP contribution in [0.1, 0.15) is 18.4 Å². The molecule has 1 saturated carbocycles. The van der Waals surface area contributed by atoms with Crippen molar-refractivity contribution in [1.82, 2.24) is 0 Å². The number of methoxy groups -OCH3 is 1. The molecule has 0 spiro atoms. The molecule has 70 valence electrons. The van der Waals surface area contributed by atoms with Crippen LogP contribution < -0.4 is 10.5 Å². The zero-order valence-electron chi connectivity index (χ0n) is 7.58. The zero-order valence-corrected chi connectivity index (χ0v) is 7.58. The van der Waals surface area contributed by atoms with Crippen molar-refractivity contribution in [2.45, 2.75) is 18.4 Å². The predicted molar refractivity (Wildman–Crippen MR) is 49.8 cm³/mol. The van der Waals surface area contributed by atoms with Gasteiger partial charge >= 0.3 is 0 Å². The van der Waals surface area contributed by atoms with E-state index in [0.29, 0.717) is 0 Å². The van der Waals surface area contributed by atoms with Gasteiger partial charge in [-0.15, -0.1) is 0 Å². The number of benzene rings is 1. The van der Waals surface area contributed by atoms with Gasteiger partial charge in [0.2, 0.25) is 0 Å². The first-order valence-corrected chi connectivity index (χ1v) is 4.32. The van der Waals surface area contributed by atoms with E-state index in [0.717, 1.165) is 24.2 Å². The van der Waals surface area contributed by atoms with Gasteiger partial charge in [0.1, 0.15) is 11.5 Å². The fourth-order valence-electron chi connectivity index (χ4n) is 1.49. The van der Waals surface area contributed by atoms with Gasteiger partial charge in [-0.1, -0.05) is 0 Å². The molecule has 3 heteroatoms. The highest BCUT2D eigenvalue weighted by atomic mass is 16.5. The fraction of sp³-hybridized carbons (Fsp3) is 0.400. The molecule has 0 unspecified atom stereocenters. The maximum absolute atomic E-state index is 9.31. The quantitative estimate of drug-likeness (QED) is 0.720. The smallest absolute Gasteiger partial charge is 0.124 e. The standard InChI is InChI=1S/C10H13NO2/c1-13-9-3-2-7(12)6-8(9)10(11)4-5-10/h2-3,6,12H,4-5,11H2,1H3. The summed E-state index contributed by atoms with van der Waals surface area (Å²) in [6, 6.07) is 5.04. The Bertz CT molecular complexity index is 332. The third-order valence-electron chi connectivity index (χ3n) is 2.51. The van der Waals surface area contributed by atoms with Crippen molar-refractivity contribution in [2.24, 2.45) is 5.73 Å². The van der Waals surface area contributed by atoms with Gasteiger partial charge in [-0.05, 0) is 31.0 Å². The van der Waals surface area contributed by atoms with Crippen LogP contribution in [0.25, 0.3) is 0 Å². The van der Waals surface area contributed by atoms with Crippen LogP contribution in [-0.2, 0) is 5.54 Å². The lowest BCUT2D eigenvalue weighted by Crippen LogP contribution is -2.19. The molecule has 0 heterocycles. The van der Waals surface area contributed by atoms with E-state index in [9.17, 15) is 5.11 Å². The normalized spacial score (nSPS) is 18.3. The zero-order chi connectivity index (χ0) is 9.47. The molecule has 1 aromatic rings. The minimum Gasteiger partial charge on any atom is -0.508 e. The van der Waals surface area contributed by atoms with Crippen LogP contribution in [0.2, 0.25) is 0 Å². The number of phenolic OH excluding ortho intramolecular Hbond substituents is 1. The number of phenols is 1. The maximum Gasteiger partial charge on any atom is 0.124 e. The number of hydrogen-bond donors (Lipinski definition) is 2. The van der Waals surface area contributed by atoms with Gasteiger partial charge in [0.05, 0.1) is 7.11 Å². The molecule has 0 atom stereocenters. The van der Waals surface area contributed by atoms with Crippen molar-refractivity contribution < 1.29 is 9.84 Å². The van der Waals surface area contributed by atoms with E-state index in [4.69, 9.17) is 10.5 Å². The van der Waals surface area contributed by atoms with Crippen molar-refractivity contribution in [2.75, 3.05) is 7.11 Å². The average Bonchev–Trinajstić information content (AvgIpc) is 2.85. The summed E-state index contributed by atoms with van der Waals surface area (Å²) in [4.78, 5) is 0. The number of nitrogens with two attached hydrogens (primary N) is 1. The van der Waals surface area contributed by atoms with Crippen LogP contribution >= 0.6 is 0 Å². The van der Waals surface area contributed by atoms with Crippen molar-refractivity contribution in [3.63, 3.8) is 0 Å². The maximum atomic E-state index is 9.31. The molecular formula is C10H13NO2. The molecule has 0 amide bonds. The molecule has 1 aliphatic rings. The van der Waals surface area contributed by atoms with Crippen LogP contribution in [0.4, 0.5) is 0 Å². The SMILES string of the molecule is COc1ccc(O)cc1C1(N)CC1. The van der Waals surface area contributed by atoms with E-state index < -0.39 is 0 Å². The summed E-state index contributed by atoms with van der Waals surface area (Å²) in [5.41, 5.74) is 6.67. The van der Waals surface area contributed by atoms with Gasteiger partial charge in [-0.25, -0.2) is 0 Å². The first kappa shape index (κ1) is 8.38. The summed E-state index contributed by atoms with van der Waals surface area (Å²) in [5.74, 6) is 1.00. The van der Waals surface area contributed by atoms with Gasteiger partial charge in [0.15, 0.2) is 0 Å². The number of ether oxygens (including phenoxy) is 1. The number of rotatable bonds is 2. The van der Waals surface area contributed by atoms with Gasteiger partial charge in [-0.3, -0.25) is 0 Å². The lowest BCUT2D eigenvalue weighted by atomic mass is 10.0. The van der Waals surface area contributed by atoms with Gasteiger partial charge in [0.25, 0.3) is 0 Å². The third-order valence-corrected chi connectivity index (χ3v) is 2.51. The Balaban J connectivity index is 2.47. The van der Waals surface area contributed by atoms with Crippen LogP contribution in [0, 0.1) is 0 Å². The van der Waals surface area contributed by atoms with E-state index in [-0.39, 0.29) is 11.3 Å². The summed E-state index contributed by atoms with van der Waals surface area (Å²) in [7, 11) is 1.61.